The number of aromatic nitrogens is 4. The van der Waals surface area contributed by atoms with Gasteiger partial charge in [-0.25, -0.2) is 4.39 Å². The molecule has 0 amide bonds. The summed E-state index contributed by atoms with van der Waals surface area (Å²) >= 11 is 5.89. The Morgan fingerprint density at radius 3 is 2.38 bits per heavy atom. The predicted molar refractivity (Wildman–Crippen MR) is 106 cm³/mol. The van der Waals surface area contributed by atoms with Crippen LogP contribution in [-0.2, 0) is 6.67 Å². The van der Waals surface area contributed by atoms with Gasteiger partial charge in [-0.3, -0.25) is 0 Å². The first-order valence-electron chi connectivity index (χ1n) is 9.75. The molecule has 0 aliphatic carbocycles. The molecule has 0 unspecified atom stereocenters. The number of ether oxygens (including phenoxy) is 1. The van der Waals surface area contributed by atoms with E-state index in [1.54, 1.807) is 21.8 Å². The number of nitrogens with one attached hydrogen (secondary N) is 2. The average Bonchev–Trinajstić information content (AvgIpc) is 3.20. The molecule has 9 heteroatoms. The van der Waals surface area contributed by atoms with Crippen LogP contribution in [0.4, 0.5) is 4.39 Å². The van der Waals surface area contributed by atoms with E-state index in [1.165, 1.54) is 17.0 Å². The normalized spacial score (nSPS) is 19.2. The topological polar surface area (TPSA) is 61.7 Å². The highest BCUT2D eigenvalue weighted by Crippen LogP contribution is 2.15. The second-order valence-electron chi connectivity index (χ2n) is 7.20. The predicted octanol–water partition coefficient (Wildman–Crippen LogP) is -0.0475. The van der Waals surface area contributed by atoms with E-state index in [0.717, 1.165) is 44.0 Å². The number of nitrogens with zero attached hydrogens (tertiary/aromatic N) is 4. The molecule has 4 rings (SSSR count). The van der Waals surface area contributed by atoms with Crippen LogP contribution in [0.5, 0.6) is 5.75 Å². The summed E-state index contributed by atoms with van der Waals surface area (Å²) in [4.78, 5) is 4.60. The maximum atomic E-state index is 13.0. The molecular weight excluding hydrogens is 395 g/mol. The Morgan fingerprint density at radius 1 is 0.966 bits per heavy atom. The molecule has 3 aromatic rings. The van der Waals surface area contributed by atoms with E-state index in [1.807, 2.05) is 24.3 Å². The molecule has 2 heterocycles. The Balaban J connectivity index is 1.20. The standard InChI is InChI=1S/C20H22ClFN6O/c21-17-3-7-19(8-4-17)29-14-13-26-9-11-27(12-10-26)15-28-24-20(23-25-28)16-1-5-18(22)6-2-16/h1-8H,9-15H2/p+2. The van der Waals surface area contributed by atoms with Crippen LogP contribution in [0, 0.1) is 5.82 Å². The van der Waals surface area contributed by atoms with Gasteiger partial charge in [-0.1, -0.05) is 11.6 Å². The zero-order valence-corrected chi connectivity index (χ0v) is 16.8. The first-order chi connectivity index (χ1) is 14.2. The summed E-state index contributed by atoms with van der Waals surface area (Å²) in [6, 6.07) is 13.6. The summed E-state index contributed by atoms with van der Waals surface area (Å²) in [6.07, 6.45) is 0. The lowest BCUT2D eigenvalue weighted by atomic mass is 10.2. The smallest absolute Gasteiger partial charge is 0.205 e. The number of halogens is 2. The first-order valence-corrected chi connectivity index (χ1v) is 10.1. The van der Waals surface area contributed by atoms with Gasteiger partial charge in [0.1, 0.15) is 50.9 Å². The van der Waals surface area contributed by atoms with Gasteiger partial charge in [0, 0.05) is 10.6 Å². The molecular formula is C20H24ClFN6O+2. The third-order valence-corrected chi connectivity index (χ3v) is 5.37. The second kappa shape index (κ2) is 9.30. The molecule has 1 aliphatic heterocycles. The number of benzene rings is 2. The highest BCUT2D eigenvalue weighted by Gasteiger charge is 2.23. The van der Waals surface area contributed by atoms with Crippen molar-refractivity contribution in [1.29, 1.82) is 0 Å². The maximum Gasteiger partial charge on any atom is 0.205 e. The van der Waals surface area contributed by atoms with Gasteiger partial charge in [0.05, 0.1) is 0 Å². The molecule has 0 radical (unpaired) electrons. The summed E-state index contributed by atoms with van der Waals surface area (Å²) in [6.45, 7) is 6.61. The molecule has 0 saturated carbocycles. The van der Waals surface area contributed by atoms with Gasteiger partial charge < -0.3 is 14.5 Å². The maximum absolute atomic E-state index is 13.0. The molecule has 1 aromatic heterocycles. The minimum absolute atomic E-state index is 0.274. The first kappa shape index (κ1) is 19.8. The van der Waals surface area contributed by atoms with Crippen LogP contribution < -0.4 is 14.5 Å². The van der Waals surface area contributed by atoms with Crippen LogP contribution >= 0.6 is 11.6 Å². The van der Waals surface area contributed by atoms with Crippen molar-refractivity contribution in [1.82, 2.24) is 20.2 Å². The Hall–Kier alpha value is -2.55. The lowest BCUT2D eigenvalue weighted by Crippen LogP contribution is -3.28. The van der Waals surface area contributed by atoms with Gasteiger partial charge in [0.15, 0.2) is 6.67 Å². The van der Waals surface area contributed by atoms with Crippen molar-refractivity contribution >= 4 is 11.6 Å². The number of quaternary nitrogens is 2. The minimum Gasteiger partial charge on any atom is -0.488 e. The summed E-state index contributed by atoms with van der Waals surface area (Å²) < 4.78 is 18.8. The summed E-state index contributed by atoms with van der Waals surface area (Å²) in [5.74, 6) is 1.10. The van der Waals surface area contributed by atoms with Crippen molar-refractivity contribution in [2.45, 2.75) is 6.67 Å². The number of hydrogen-bond acceptors (Lipinski definition) is 4. The minimum atomic E-state index is -0.274. The fraction of sp³-hybridized carbons (Fsp3) is 0.350. The van der Waals surface area contributed by atoms with Crippen molar-refractivity contribution in [2.24, 2.45) is 0 Å². The second-order valence-corrected chi connectivity index (χ2v) is 7.64. The zero-order valence-electron chi connectivity index (χ0n) is 16.0. The van der Waals surface area contributed by atoms with Crippen molar-refractivity contribution in [3.63, 3.8) is 0 Å². The van der Waals surface area contributed by atoms with Gasteiger partial charge in [0.25, 0.3) is 0 Å². The Kier molecular flexibility index (Phi) is 6.33. The van der Waals surface area contributed by atoms with Gasteiger partial charge >= 0.3 is 0 Å². The average molecular weight is 419 g/mol. The van der Waals surface area contributed by atoms with Crippen molar-refractivity contribution in [2.75, 3.05) is 39.3 Å². The van der Waals surface area contributed by atoms with Gasteiger partial charge in [-0.15, -0.1) is 15.0 Å². The third-order valence-electron chi connectivity index (χ3n) is 5.12. The van der Waals surface area contributed by atoms with Gasteiger partial charge in [-0.2, -0.15) is 0 Å². The lowest BCUT2D eigenvalue weighted by molar-refractivity contribution is -1.02. The van der Waals surface area contributed by atoms with Crippen LogP contribution in [0.25, 0.3) is 11.4 Å². The van der Waals surface area contributed by atoms with E-state index in [4.69, 9.17) is 16.3 Å². The molecule has 0 bridgehead atoms. The molecule has 7 nitrogen and oxygen atoms in total. The van der Waals surface area contributed by atoms with Crippen LogP contribution in [0.1, 0.15) is 0 Å². The fourth-order valence-corrected chi connectivity index (χ4v) is 3.56. The Bertz CT molecular complexity index is 909. The molecule has 2 N–H and O–H groups in total. The SMILES string of the molecule is Fc1ccc(-c2nnn(C[NH+]3CC[NH+](CCOc4ccc(Cl)cc4)CC3)n2)cc1. The Labute approximate surface area is 173 Å². The number of hydrogen-bond donors (Lipinski definition) is 2. The number of piperazine rings is 1. The number of rotatable bonds is 7. The molecule has 1 fully saturated rings. The van der Waals surface area contributed by atoms with Gasteiger partial charge in [0.2, 0.25) is 5.82 Å². The van der Waals surface area contributed by atoms with Crippen molar-refractivity contribution < 1.29 is 18.9 Å². The summed E-state index contributed by atoms with van der Waals surface area (Å²) in [5.41, 5.74) is 0.766. The molecule has 0 atom stereocenters. The highest BCUT2D eigenvalue weighted by molar-refractivity contribution is 6.30. The van der Waals surface area contributed by atoms with Gasteiger partial charge in [-0.05, 0) is 53.7 Å². The lowest BCUT2D eigenvalue weighted by Gasteiger charge is -2.29. The van der Waals surface area contributed by atoms with Crippen LogP contribution in [0.2, 0.25) is 5.02 Å². The van der Waals surface area contributed by atoms with E-state index in [2.05, 4.69) is 15.4 Å². The van der Waals surface area contributed by atoms with Crippen molar-refractivity contribution in [3.8, 4) is 17.1 Å². The van der Waals surface area contributed by atoms with Crippen LogP contribution in [0.3, 0.4) is 0 Å². The van der Waals surface area contributed by atoms with Crippen LogP contribution in [0.15, 0.2) is 48.5 Å². The molecule has 1 saturated heterocycles. The summed E-state index contributed by atoms with van der Waals surface area (Å²) in [5, 5.41) is 13.4. The van der Waals surface area contributed by atoms with E-state index >= 15 is 0 Å². The van der Waals surface area contributed by atoms with E-state index < -0.39 is 0 Å². The monoisotopic (exact) mass is 418 g/mol. The summed E-state index contributed by atoms with van der Waals surface area (Å²) in [7, 11) is 0. The molecule has 152 valence electrons. The molecule has 0 spiro atoms. The third kappa shape index (κ3) is 5.50. The quantitative estimate of drug-likeness (QED) is 0.565. The molecule has 1 aliphatic rings. The van der Waals surface area contributed by atoms with E-state index in [-0.39, 0.29) is 5.82 Å². The van der Waals surface area contributed by atoms with E-state index in [0.29, 0.717) is 24.1 Å². The molecule has 2 aromatic carbocycles. The van der Waals surface area contributed by atoms with Crippen molar-refractivity contribution in [3.05, 3.63) is 59.4 Å². The van der Waals surface area contributed by atoms with Crippen LogP contribution in [-0.4, -0.2) is 59.5 Å². The zero-order chi connectivity index (χ0) is 20.1. The molecule has 29 heavy (non-hydrogen) atoms. The van der Waals surface area contributed by atoms with E-state index in [9.17, 15) is 4.39 Å². The highest BCUT2D eigenvalue weighted by atomic mass is 35.5. The largest absolute Gasteiger partial charge is 0.488 e. The number of tetrazole rings is 1. The fourth-order valence-electron chi connectivity index (χ4n) is 3.43. The Morgan fingerprint density at radius 2 is 1.66 bits per heavy atom.